The fourth-order valence-electron chi connectivity index (χ4n) is 3.27. The number of likely N-dealkylation sites (tertiary alicyclic amines) is 2. The summed E-state index contributed by atoms with van der Waals surface area (Å²) < 4.78 is 13.2. The van der Waals surface area contributed by atoms with Crippen molar-refractivity contribution in [2.24, 2.45) is 5.92 Å². The Balaban J connectivity index is 1.82. The Hall–Kier alpha value is -0.190. The summed E-state index contributed by atoms with van der Waals surface area (Å²) >= 11 is 0. The van der Waals surface area contributed by atoms with Crippen molar-refractivity contribution in [1.82, 2.24) is 9.80 Å². The maximum absolute atomic E-state index is 13.2. The van der Waals surface area contributed by atoms with Crippen LogP contribution in [0.5, 0.6) is 0 Å². The molecule has 0 aromatic heterocycles. The summed E-state index contributed by atoms with van der Waals surface area (Å²) in [5.74, 6) is 0.348. The maximum atomic E-state index is 13.2. The number of hydrogen-bond donors (Lipinski definition) is 1. The largest absolute Gasteiger partial charge is 0.391 e. The first-order valence-electron chi connectivity index (χ1n) is 7.27. The highest BCUT2D eigenvalue weighted by atomic mass is 19.1. The standard InChI is InChI=1S/C14H27FN2O/c1-10(2)17-7-12(14(18)9-17)6-11(3)16-5-4-13(15)8-16/h10-14,18H,4-9H2,1-3H3/t11?,12?,13-,14-/m0/s1. The molecule has 106 valence electrons. The molecule has 2 unspecified atom stereocenters. The van der Waals surface area contributed by atoms with Gasteiger partial charge in [-0.05, 0) is 33.6 Å². The topological polar surface area (TPSA) is 26.7 Å². The van der Waals surface area contributed by atoms with Gasteiger partial charge in [0.2, 0.25) is 0 Å². The first-order chi connectivity index (χ1) is 8.47. The highest BCUT2D eigenvalue weighted by molar-refractivity contribution is 4.89. The second kappa shape index (κ2) is 5.85. The fraction of sp³-hybridized carbons (Fsp3) is 1.00. The van der Waals surface area contributed by atoms with Crippen LogP contribution in [0.1, 0.15) is 33.6 Å². The Bertz CT molecular complexity index is 275. The van der Waals surface area contributed by atoms with Crippen LogP contribution in [0.3, 0.4) is 0 Å². The molecule has 0 radical (unpaired) electrons. The molecule has 0 saturated carbocycles. The van der Waals surface area contributed by atoms with Crippen LogP contribution >= 0.6 is 0 Å². The lowest BCUT2D eigenvalue weighted by molar-refractivity contribution is 0.114. The summed E-state index contributed by atoms with van der Waals surface area (Å²) in [6, 6.07) is 0.888. The van der Waals surface area contributed by atoms with Gasteiger partial charge >= 0.3 is 0 Å². The Morgan fingerprint density at radius 1 is 1.17 bits per heavy atom. The zero-order valence-electron chi connectivity index (χ0n) is 11.8. The molecule has 2 aliphatic rings. The normalized spacial score (nSPS) is 36.7. The molecule has 0 amide bonds. The minimum atomic E-state index is -0.645. The summed E-state index contributed by atoms with van der Waals surface area (Å²) in [6.07, 6.45) is 0.805. The van der Waals surface area contributed by atoms with E-state index >= 15 is 0 Å². The van der Waals surface area contributed by atoms with Gasteiger partial charge < -0.3 is 5.11 Å². The van der Waals surface area contributed by atoms with Crippen LogP contribution in [-0.2, 0) is 0 Å². The van der Waals surface area contributed by atoms with Gasteiger partial charge in [0.1, 0.15) is 6.17 Å². The molecule has 4 heteroatoms. The Kier molecular flexibility index (Phi) is 4.62. The lowest BCUT2D eigenvalue weighted by Gasteiger charge is -2.27. The lowest BCUT2D eigenvalue weighted by Crippen LogP contribution is -2.35. The molecule has 0 bridgehead atoms. The second-order valence-electron chi connectivity index (χ2n) is 6.34. The smallest absolute Gasteiger partial charge is 0.114 e. The predicted molar refractivity (Wildman–Crippen MR) is 71.4 cm³/mol. The van der Waals surface area contributed by atoms with Crippen LogP contribution < -0.4 is 0 Å². The van der Waals surface area contributed by atoms with Gasteiger partial charge in [-0.3, -0.25) is 9.80 Å². The van der Waals surface area contributed by atoms with Gasteiger partial charge in [0.15, 0.2) is 0 Å². The van der Waals surface area contributed by atoms with Gasteiger partial charge in [0.05, 0.1) is 6.10 Å². The highest BCUT2D eigenvalue weighted by Crippen LogP contribution is 2.26. The van der Waals surface area contributed by atoms with E-state index in [1.807, 2.05) is 0 Å². The lowest BCUT2D eigenvalue weighted by atomic mass is 9.97. The zero-order valence-corrected chi connectivity index (χ0v) is 11.8. The van der Waals surface area contributed by atoms with Gasteiger partial charge in [-0.1, -0.05) is 0 Å². The number of halogens is 1. The van der Waals surface area contributed by atoms with E-state index < -0.39 is 6.17 Å². The molecular weight excluding hydrogens is 231 g/mol. The monoisotopic (exact) mass is 258 g/mol. The molecule has 2 saturated heterocycles. The molecule has 1 N–H and O–H groups in total. The molecule has 2 aliphatic heterocycles. The van der Waals surface area contributed by atoms with Crippen molar-refractivity contribution in [2.45, 2.75) is 58.0 Å². The van der Waals surface area contributed by atoms with E-state index in [9.17, 15) is 9.50 Å². The Labute approximate surface area is 110 Å². The van der Waals surface area contributed by atoms with Crippen LogP contribution in [-0.4, -0.2) is 65.4 Å². The zero-order chi connectivity index (χ0) is 13.3. The van der Waals surface area contributed by atoms with Crippen molar-refractivity contribution in [3.05, 3.63) is 0 Å². The predicted octanol–water partition coefficient (Wildman–Crippen LogP) is 1.51. The summed E-state index contributed by atoms with van der Waals surface area (Å²) in [7, 11) is 0. The van der Waals surface area contributed by atoms with Gasteiger partial charge in [0.25, 0.3) is 0 Å². The van der Waals surface area contributed by atoms with Gasteiger partial charge in [-0.25, -0.2) is 4.39 Å². The number of β-amino-alcohol motifs (C(OH)–C–C–N with tert-alkyl or cyclic N) is 1. The quantitative estimate of drug-likeness (QED) is 0.828. The molecule has 2 heterocycles. The highest BCUT2D eigenvalue weighted by Gasteiger charge is 2.35. The third kappa shape index (κ3) is 3.22. The summed E-state index contributed by atoms with van der Waals surface area (Å²) in [6.45, 7) is 9.75. The van der Waals surface area contributed by atoms with Crippen LogP contribution in [0, 0.1) is 5.92 Å². The van der Waals surface area contributed by atoms with E-state index in [1.165, 1.54) is 0 Å². The molecule has 0 aromatic carbocycles. The van der Waals surface area contributed by atoms with E-state index in [0.29, 0.717) is 31.0 Å². The second-order valence-corrected chi connectivity index (χ2v) is 6.34. The number of hydrogen-bond acceptors (Lipinski definition) is 3. The molecule has 4 atom stereocenters. The van der Waals surface area contributed by atoms with Gasteiger partial charge in [-0.2, -0.15) is 0 Å². The van der Waals surface area contributed by atoms with Crippen molar-refractivity contribution in [1.29, 1.82) is 0 Å². The van der Waals surface area contributed by atoms with Crippen molar-refractivity contribution >= 4 is 0 Å². The number of aliphatic hydroxyl groups is 1. The van der Waals surface area contributed by atoms with E-state index in [-0.39, 0.29) is 6.10 Å². The molecule has 3 nitrogen and oxygen atoms in total. The number of rotatable bonds is 4. The fourth-order valence-corrected chi connectivity index (χ4v) is 3.27. The third-order valence-electron chi connectivity index (χ3n) is 4.59. The maximum Gasteiger partial charge on any atom is 0.114 e. The molecule has 2 fully saturated rings. The third-order valence-corrected chi connectivity index (χ3v) is 4.59. The summed E-state index contributed by atoms with van der Waals surface area (Å²) in [5.41, 5.74) is 0. The SMILES string of the molecule is CC(C)N1CC(CC(C)N2CC[C@H](F)C2)[C@@H](O)C1. The molecule has 18 heavy (non-hydrogen) atoms. The first-order valence-corrected chi connectivity index (χ1v) is 7.27. The van der Waals surface area contributed by atoms with E-state index in [4.69, 9.17) is 0 Å². The Morgan fingerprint density at radius 2 is 1.89 bits per heavy atom. The van der Waals surface area contributed by atoms with Crippen molar-refractivity contribution in [2.75, 3.05) is 26.2 Å². The van der Waals surface area contributed by atoms with Crippen LogP contribution in [0.15, 0.2) is 0 Å². The summed E-state index contributed by atoms with van der Waals surface area (Å²) in [5, 5.41) is 10.1. The van der Waals surface area contributed by atoms with Crippen LogP contribution in [0.2, 0.25) is 0 Å². The van der Waals surface area contributed by atoms with E-state index in [1.54, 1.807) is 0 Å². The van der Waals surface area contributed by atoms with Crippen molar-refractivity contribution in [3.63, 3.8) is 0 Å². The summed E-state index contributed by atoms with van der Waals surface area (Å²) in [4.78, 5) is 4.57. The van der Waals surface area contributed by atoms with Crippen molar-refractivity contribution < 1.29 is 9.50 Å². The van der Waals surface area contributed by atoms with Gasteiger partial charge in [-0.15, -0.1) is 0 Å². The minimum absolute atomic E-state index is 0.210. The molecule has 0 aliphatic carbocycles. The first kappa shape index (κ1) is 14.2. The Morgan fingerprint density at radius 3 is 2.39 bits per heavy atom. The van der Waals surface area contributed by atoms with Gasteiger partial charge in [0, 0.05) is 44.2 Å². The van der Waals surface area contributed by atoms with Crippen LogP contribution in [0.25, 0.3) is 0 Å². The number of alkyl halides is 1. The molecule has 2 rings (SSSR count). The minimum Gasteiger partial charge on any atom is -0.391 e. The molecular formula is C14H27FN2O. The average Bonchev–Trinajstić information content (AvgIpc) is 2.86. The molecule has 0 spiro atoms. The molecule has 0 aromatic rings. The van der Waals surface area contributed by atoms with E-state index in [2.05, 4.69) is 30.6 Å². The number of aliphatic hydroxyl groups excluding tert-OH is 1. The van der Waals surface area contributed by atoms with Crippen LogP contribution in [0.4, 0.5) is 4.39 Å². The van der Waals surface area contributed by atoms with Crippen molar-refractivity contribution in [3.8, 4) is 0 Å². The van der Waals surface area contributed by atoms with E-state index in [0.717, 1.165) is 26.1 Å². The number of nitrogens with zero attached hydrogens (tertiary/aromatic N) is 2. The average molecular weight is 258 g/mol.